The molecule has 0 aliphatic carbocycles. The number of para-hydroxylation sites is 1. The highest BCUT2D eigenvalue weighted by atomic mass is 32.2. The summed E-state index contributed by atoms with van der Waals surface area (Å²) in [5.74, 6) is 0. The van der Waals surface area contributed by atoms with Crippen LogP contribution in [0.25, 0.3) is 10.9 Å². The predicted molar refractivity (Wildman–Crippen MR) is 102 cm³/mol. The molecule has 2 amide bonds. The van der Waals surface area contributed by atoms with Crippen molar-refractivity contribution in [3.8, 4) is 0 Å². The molecule has 1 heterocycles. The minimum absolute atomic E-state index is 0.113. The van der Waals surface area contributed by atoms with Gasteiger partial charge in [0.2, 0.25) is 0 Å². The minimum Gasteiger partial charge on any atom is -0.341 e. The number of carbonyl (C=O) groups is 1. The Morgan fingerprint density at radius 1 is 1.04 bits per heavy atom. The average molecular weight is 370 g/mol. The van der Waals surface area contributed by atoms with Gasteiger partial charge in [-0.05, 0) is 48.9 Å². The van der Waals surface area contributed by atoms with Crippen molar-refractivity contribution in [3.63, 3.8) is 0 Å². The topological polar surface area (TPSA) is 100 Å². The number of aryl methyl sites for hydroxylation is 1. The third-order valence-electron chi connectivity index (χ3n) is 3.72. The van der Waals surface area contributed by atoms with E-state index in [-0.39, 0.29) is 10.9 Å². The number of anilines is 2. The first-order valence-electron chi connectivity index (χ1n) is 7.86. The number of rotatable bonds is 4. The molecule has 26 heavy (non-hydrogen) atoms. The molecular formula is C18H18N4O3S. The Kier molecular flexibility index (Phi) is 4.77. The molecule has 0 atom stereocenters. The fourth-order valence-electron chi connectivity index (χ4n) is 2.49. The quantitative estimate of drug-likeness (QED) is 0.657. The summed E-state index contributed by atoms with van der Waals surface area (Å²) >= 11 is 0. The molecule has 7 nitrogen and oxygen atoms in total. The van der Waals surface area contributed by atoms with Crippen molar-refractivity contribution in [2.24, 2.45) is 0 Å². The van der Waals surface area contributed by atoms with E-state index in [1.807, 2.05) is 19.1 Å². The lowest BCUT2D eigenvalue weighted by Crippen LogP contribution is -2.24. The summed E-state index contributed by atoms with van der Waals surface area (Å²) in [5, 5.41) is 5.81. The van der Waals surface area contributed by atoms with E-state index >= 15 is 0 Å². The molecule has 1 aromatic heterocycles. The number of pyridine rings is 1. The molecule has 8 heteroatoms. The van der Waals surface area contributed by atoms with Crippen LogP contribution < -0.4 is 15.4 Å². The van der Waals surface area contributed by atoms with E-state index in [9.17, 15) is 13.2 Å². The van der Waals surface area contributed by atoms with Crippen LogP contribution >= 0.6 is 0 Å². The molecule has 0 aliphatic heterocycles. The first-order valence-corrected chi connectivity index (χ1v) is 9.34. The number of hydrogen-bond acceptors (Lipinski definition) is 4. The van der Waals surface area contributed by atoms with Crippen molar-refractivity contribution >= 4 is 38.3 Å². The van der Waals surface area contributed by atoms with Crippen LogP contribution in [-0.4, -0.2) is 26.5 Å². The van der Waals surface area contributed by atoms with Crippen molar-refractivity contribution in [1.29, 1.82) is 0 Å². The Morgan fingerprint density at radius 2 is 1.73 bits per heavy atom. The fourth-order valence-corrected chi connectivity index (χ4v) is 3.72. The summed E-state index contributed by atoms with van der Waals surface area (Å²) in [4.78, 5) is 15.7. The molecule has 0 aliphatic rings. The number of urea groups is 1. The molecule has 2 aromatic carbocycles. The highest BCUT2D eigenvalue weighted by Crippen LogP contribution is 2.24. The van der Waals surface area contributed by atoms with Gasteiger partial charge in [0.15, 0.2) is 0 Å². The fraction of sp³-hybridized carbons (Fsp3) is 0.111. The lowest BCUT2D eigenvalue weighted by atomic mass is 10.2. The molecule has 0 spiro atoms. The summed E-state index contributed by atoms with van der Waals surface area (Å²) < 4.78 is 28.1. The number of sulfonamides is 1. The average Bonchev–Trinajstić information content (AvgIpc) is 2.62. The lowest BCUT2D eigenvalue weighted by Gasteiger charge is -2.11. The molecule has 0 unspecified atom stereocenters. The van der Waals surface area contributed by atoms with Crippen LogP contribution in [0.3, 0.4) is 0 Å². The molecule has 0 radical (unpaired) electrons. The number of fused-ring (bicyclic) bond motifs is 1. The van der Waals surface area contributed by atoms with E-state index in [0.717, 1.165) is 10.9 Å². The van der Waals surface area contributed by atoms with Crippen LogP contribution in [0.5, 0.6) is 0 Å². The number of nitrogens with zero attached hydrogens (tertiary/aromatic N) is 1. The first kappa shape index (κ1) is 17.7. The molecule has 0 bridgehead atoms. The number of aromatic nitrogens is 1. The van der Waals surface area contributed by atoms with Gasteiger partial charge >= 0.3 is 6.03 Å². The van der Waals surface area contributed by atoms with Gasteiger partial charge in [0.05, 0.1) is 5.52 Å². The van der Waals surface area contributed by atoms with Crippen LogP contribution in [0.2, 0.25) is 0 Å². The van der Waals surface area contributed by atoms with Crippen molar-refractivity contribution in [2.75, 3.05) is 17.1 Å². The van der Waals surface area contributed by atoms with Gasteiger partial charge in [-0.3, -0.25) is 9.71 Å². The first-order chi connectivity index (χ1) is 12.4. The maximum absolute atomic E-state index is 12.8. The van der Waals surface area contributed by atoms with Crippen LogP contribution in [0.15, 0.2) is 59.6 Å². The third-order valence-corrected chi connectivity index (χ3v) is 5.14. The Bertz CT molecular complexity index is 1060. The summed E-state index contributed by atoms with van der Waals surface area (Å²) in [6.07, 6.45) is 1.64. The third kappa shape index (κ3) is 3.75. The Hall–Kier alpha value is -3.13. The van der Waals surface area contributed by atoms with Gasteiger partial charge in [-0.1, -0.05) is 12.1 Å². The zero-order chi connectivity index (χ0) is 18.7. The van der Waals surface area contributed by atoms with Crippen LogP contribution in [0, 0.1) is 6.92 Å². The summed E-state index contributed by atoms with van der Waals surface area (Å²) in [5.41, 5.74) is 2.31. The SMILES string of the molecule is CNC(=O)Nc1ccc(NS(=O)(=O)c2cccc3cc(C)cnc23)cc1. The van der Waals surface area contributed by atoms with E-state index in [1.165, 1.54) is 13.1 Å². The highest BCUT2D eigenvalue weighted by Gasteiger charge is 2.18. The minimum atomic E-state index is -3.81. The van der Waals surface area contributed by atoms with Gasteiger partial charge in [0.25, 0.3) is 10.0 Å². The van der Waals surface area contributed by atoms with Gasteiger partial charge in [0, 0.05) is 30.0 Å². The van der Waals surface area contributed by atoms with Crippen LogP contribution in [0.1, 0.15) is 5.56 Å². The summed E-state index contributed by atoms with van der Waals surface area (Å²) in [6, 6.07) is 12.9. The second-order valence-corrected chi connectivity index (χ2v) is 7.38. The number of benzene rings is 2. The van der Waals surface area contributed by atoms with E-state index in [1.54, 1.807) is 36.5 Å². The molecule has 0 fully saturated rings. The van der Waals surface area contributed by atoms with Crippen molar-refractivity contribution in [3.05, 3.63) is 60.3 Å². The summed E-state index contributed by atoms with van der Waals surface area (Å²) in [6.45, 7) is 1.90. The molecule has 3 rings (SSSR count). The number of hydrogen-bond donors (Lipinski definition) is 3. The molecule has 3 N–H and O–H groups in total. The number of carbonyl (C=O) groups excluding carboxylic acids is 1. The van der Waals surface area contributed by atoms with Crippen molar-refractivity contribution in [2.45, 2.75) is 11.8 Å². The van der Waals surface area contributed by atoms with Crippen LogP contribution in [0.4, 0.5) is 16.2 Å². The molecular weight excluding hydrogens is 352 g/mol. The van der Waals surface area contributed by atoms with Crippen molar-refractivity contribution < 1.29 is 13.2 Å². The van der Waals surface area contributed by atoms with E-state index in [2.05, 4.69) is 20.3 Å². The second-order valence-electron chi connectivity index (χ2n) is 5.73. The molecule has 0 saturated heterocycles. The number of nitrogens with one attached hydrogen (secondary N) is 3. The van der Waals surface area contributed by atoms with E-state index in [0.29, 0.717) is 16.9 Å². The normalized spacial score (nSPS) is 11.2. The predicted octanol–water partition coefficient (Wildman–Crippen LogP) is 3.10. The molecule has 0 saturated carbocycles. The standard InChI is InChI=1S/C18H18N4O3S/c1-12-10-13-4-3-5-16(17(13)20-11-12)26(24,25)22-15-8-6-14(7-9-15)21-18(23)19-2/h3-11,22H,1-2H3,(H2,19,21,23). The maximum Gasteiger partial charge on any atom is 0.318 e. The maximum atomic E-state index is 12.8. The zero-order valence-electron chi connectivity index (χ0n) is 14.3. The van der Waals surface area contributed by atoms with E-state index < -0.39 is 10.0 Å². The Labute approximate surface area is 151 Å². The smallest absolute Gasteiger partial charge is 0.318 e. The summed E-state index contributed by atoms with van der Waals surface area (Å²) in [7, 11) is -2.29. The van der Waals surface area contributed by atoms with Gasteiger partial charge in [-0.25, -0.2) is 13.2 Å². The lowest BCUT2D eigenvalue weighted by molar-refractivity contribution is 0.254. The van der Waals surface area contributed by atoms with Crippen molar-refractivity contribution in [1.82, 2.24) is 10.3 Å². The zero-order valence-corrected chi connectivity index (χ0v) is 15.1. The van der Waals surface area contributed by atoms with Gasteiger partial charge in [-0.15, -0.1) is 0 Å². The molecule has 134 valence electrons. The number of amides is 2. The van der Waals surface area contributed by atoms with Gasteiger partial charge < -0.3 is 10.6 Å². The monoisotopic (exact) mass is 370 g/mol. The van der Waals surface area contributed by atoms with E-state index in [4.69, 9.17) is 0 Å². The Morgan fingerprint density at radius 3 is 2.42 bits per heavy atom. The largest absolute Gasteiger partial charge is 0.341 e. The highest BCUT2D eigenvalue weighted by molar-refractivity contribution is 7.93. The Balaban J connectivity index is 1.89. The molecule has 3 aromatic rings. The van der Waals surface area contributed by atoms with Gasteiger partial charge in [-0.2, -0.15) is 0 Å². The second kappa shape index (κ2) is 7.01. The van der Waals surface area contributed by atoms with Gasteiger partial charge in [0.1, 0.15) is 4.90 Å². The van der Waals surface area contributed by atoms with Crippen LogP contribution in [-0.2, 0) is 10.0 Å².